The van der Waals surface area contributed by atoms with Crippen LogP contribution in [-0.4, -0.2) is 15.9 Å². The van der Waals surface area contributed by atoms with E-state index in [2.05, 4.69) is 10.6 Å². The second kappa shape index (κ2) is 6.61. The van der Waals surface area contributed by atoms with E-state index in [1.165, 1.54) is 29.5 Å². The van der Waals surface area contributed by atoms with Gasteiger partial charge >= 0.3 is 0 Å². The smallest absolute Gasteiger partial charge is 0.271 e. The molecule has 0 saturated carbocycles. The van der Waals surface area contributed by atoms with Gasteiger partial charge in [0.15, 0.2) is 5.11 Å². The molecule has 0 saturated heterocycles. The number of amides is 1. The fourth-order valence-electron chi connectivity index (χ4n) is 1.44. The number of thiophene rings is 1. The average Bonchev–Trinajstić information content (AvgIpc) is 2.94. The van der Waals surface area contributed by atoms with Gasteiger partial charge in [0.2, 0.25) is 0 Å². The maximum Gasteiger partial charge on any atom is 0.271 e. The van der Waals surface area contributed by atoms with Crippen LogP contribution in [0, 0.1) is 10.1 Å². The van der Waals surface area contributed by atoms with E-state index in [-0.39, 0.29) is 21.7 Å². The fourth-order valence-corrected chi connectivity index (χ4v) is 2.49. The molecule has 2 N–H and O–H groups in total. The number of rotatable bonds is 3. The third kappa shape index (κ3) is 3.97. The summed E-state index contributed by atoms with van der Waals surface area (Å²) < 4.78 is 0. The van der Waals surface area contributed by atoms with Gasteiger partial charge in [-0.3, -0.25) is 20.2 Å². The van der Waals surface area contributed by atoms with Gasteiger partial charge in [-0.05, 0) is 29.7 Å². The Hall–Kier alpha value is -2.03. The number of nitro benzene ring substituents is 1. The third-order valence-electron chi connectivity index (χ3n) is 2.38. The predicted octanol–water partition coefficient (Wildman–Crippen LogP) is 3.44. The number of halogens is 1. The van der Waals surface area contributed by atoms with Gasteiger partial charge in [-0.1, -0.05) is 17.7 Å². The van der Waals surface area contributed by atoms with Crippen molar-refractivity contribution in [2.24, 2.45) is 0 Å². The van der Waals surface area contributed by atoms with Crippen LogP contribution in [0.3, 0.4) is 0 Å². The molecule has 1 heterocycles. The highest BCUT2D eigenvalue weighted by Crippen LogP contribution is 2.26. The predicted molar refractivity (Wildman–Crippen MR) is 86.1 cm³/mol. The Morgan fingerprint density at radius 3 is 2.71 bits per heavy atom. The van der Waals surface area contributed by atoms with Crippen molar-refractivity contribution in [1.29, 1.82) is 0 Å². The van der Waals surface area contributed by atoms with Crippen LogP contribution in [0.1, 0.15) is 9.67 Å². The van der Waals surface area contributed by atoms with E-state index in [1.807, 2.05) is 0 Å². The van der Waals surface area contributed by atoms with Crippen LogP contribution in [-0.2, 0) is 0 Å². The largest absolute Gasteiger partial charge is 0.331 e. The number of thiocarbonyl (C=S) groups is 1. The Bertz CT molecular complexity index is 704. The Morgan fingerprint density at radius 1 is 1.38 bits per heavy atom. The standard InChI is InChI=1S/C12H8ClN3O3S2/c13-8-6-7(16(18)19)3-4-9(8)14-12(20)15-11(17)10-2-1-5-21-10/h1-6H,(H2,14,15,17,20). The number of anilines is 1. The van der Waals surface area contributed by atoms with Crippen LogP contribution in [0.25, 0.3) is 0 Å². The number of nitro groups is 1. The summed E-state index contributed by atoms with van der Waals surface area (Å²) in [7, 11) is 0. The van der Waals surface area contributed by atoms with Crippen LogP contribution >= 0.6 is 35.2 Å². The number of carbonyl (C=O) groups is 1. The first-order valence-electron chi connectivity index (χ1n) is 5.57. The number of hydrogen-bond acceptors (Lipinski definition) is 5. The van der Waals surface area contributed by atoms with Crippen molar-refractivity contribution in [1.82, 2.24) is 5.32 Å². The Kier molecular flexibility index (Phi) is 4.84. The lowest BCUT2D eigenvalue weighted by Gasteiger charge is -2.10. The molecule has 1 aromatic heterocycles. The molecule has 0 unspecified atom stereocenters. The minimum atomic E-state index is -0.549. The Labute approximate surface area is 133 Å². The molecule has 21 heavy (non-hydrogen) atoms. The lowest BCUT2D eigenvalue weighted by atomic mass is 10.3. The maximum atomic E-state index is 11.8. The van der Waals surface area contributed by atoms with Gasteiger partial charge in [-0.2, -0.15) is 0 Å². The summed E-state index contributed by atoms with van der Waals surface area (Å²) in [6.07, 6.45) is 0. The van der Waals surface area contributed by atoms with Gasteiger partial charge in [0.05, 0.1) is 20.5 Å². The zero-order valence-corrected chi connectivity index (χ0v) is 12.7. The molecule has 108 valence electrons. The first-order chi connectivity index (χ1) is 9.97. The van der Waals surface area contributed by atoms with Gasteiger partial charge in [-0.25, -0.2) is 0 Å². The number of nitrogens with one attached hydrogen (secondary N) is 2. The van der Waals surface area contributed by atoms with E-state index in [0.29, 0.717) is 10.6 Å². The molecule has 2 rings (SSSR count). The molecule has 1 aromatic carbocycles. The molecule has 0 aliphatic carbocycles. The highest BCUT2D eigenvalue weighted by molar-refractivity contribution is 7.80. The first kappa shape index (κ1) is 15.4. The van der Waals surface area contributed by atoms with E-state index in [0.717, 1.165) is 0 Å². The summed E-state index contributed by atoms with van der Waals surface area (Å²) in [5, 5.41) is 17.8. The van der Waals surface area contributed by atoms with Gasteiger partial charge in [0.1, 0.15) is 0 Å². The van der Waals surface area contributed by atoms with Crippen molar-refractivity contribution in [3.8, 4) is 0 Å². The van der Waals surface area contributed by atoms with Crippen LogP contribution in [0.4, 0.5) is 11.4 Å². The SMILES string of the molecule is O=C(NC(=S)Nc1ccc([N+](=O)[O-])cc1Cl)c1cccs1. The van der Waals surface area contributed by atoms with Crippen LogP contribution in [0.15, 0.2) is 35.7 Å². The molecule has 0 radical (unpaired) electrons. The number of benzene rings is 1. The second-order valence-electron chi connectivity index (χ2n) is 3.81. The zero-order valence-electron chi connectivity index (χ0n) is 10.3. The quantitative estimate of drug-likeness (QED) is 0.507. The monoisotopic (exact) mass is 341 g/mol. The van der Waals surface area contributed by atoms with Crippen molar-refractivity contribution in [2.75, 3.05) is 5.32 Å². The van der Waals surface area contributed by atoms with E-state index < -0.39 is 4.92 Å². The van der Waals surface area contributed by atoms with Crippen molar-refractivity contribution in [3.63, 3.8) is 0 Å². The van der Waals surface area contributed by atoms with Gasteiger partial charge < -0.3 is 5.32 Å². The molecule has 2 aromatic rings. The minimum Gasteiger partial charge on any atom is -0.331 e. The summed E-state index contributed by atoms with van der Waals surface area (Å²) in [6.45, 7) is 0. The van der Waals surface area contributed by atoms with Crippen molar-refractivity contribution in [3.05, 3.63) is 55.7 Å². The van der Waals surface area contributed by atoms with Crippen LogP contribution < -0.4 is 10.6 Å². The molecule has 9 heteroatoms. The molecule has 0 aliphatic heterocycles. The topological polar surface area (TPSA) is 84.3 Å². The van der Waals surface area contributed by atoms with Crippen LogP contribution in [0.2, 0.25) is 5.02 Å². The first-order valence-corrected chi connectivity index (χ1v) is 7.24. The summed E-state index contributed by atoms with van der Waals surface area (Å²) in [5.74, 6) is -0.333. The summed E-state index contributed by atoms with van der Waals surface area (Å²) >= 11 is 12.2. The molecular formula is C12H8ClN3O3S2. The normalized spacial score (nSPS) is 9.95. The lowest BCUT2D eigenvalue weighted by molar-refractivity contribution is -0.384. The third-order valence-corrected chi connectivity index (χ3v) is 3.77. The minimum absolute atomic E-state index is 0.0594. The number of non-ortho nitro benzene ring substituents is 1. The van der Waals surface area contributed by atoms with E-state index in [4.69, 9.17) is 23.8 Å². The number of hydrogen-bond donors (Lipinski definition) is 2. The molecule has 6 nitrogen and oxygen atoms in total. The van der Waals surface area contributed by atoms with E-state index in [9.17, 15) is 14.9 Å². The van der Waals surface area contributed by atoms with Gasteiger partial charge in [-0.15, -0.1) is 11.3 Å². The molecule has 0 fully saturated rings. The molecule has 0 spiro atoms. The van der Waals surface area contributed by atoms with Crippen LogP contribution in [0.5, 0.6) is 0 Å². The fraction of sp³-hybridized carbons (Fsp3) is 0. The average molecular weight is 342 g/mol. The summed E-state index contributed by atoms with van der Waals surface area (Å²) in [4.78, 5) is 22.4. The van der Waals surface area contributed by atoms with Crippen molar-refractivity contribution < 1.29 is 9.72 Å². The van der Waals surface area contributed by atoms with Gasteiger partial charge in [0.25, 0.3) is 11.6 Å². The van der Waals surface area contributed by atoms with Crippen molar-refractivity contribution >= 4 is 57.5 Å². The lowest BCUT2D eigenvalue weighted by Crippen LogP contribution is -2.33. The highest BCUT2D eigenvalue weighted by atomic mass is 35.5. The molecule has 1 amide bonds. The zero-order chi connectivity index (χ0) is 15.4. The molecule has 0 aliphatic rings. The summed E-state index contributed by atoms with van der Waals surface area (Å²) in [6, 6.07) is 7.33. The molecule has 0 bridgehead atoms. The number of nitrogens with zero attached hydrogens (tertiary/aromatic N) is 1. The highest BCUT2D eigenvalue weighted by Gasteiger charge is 2.12. The van der Waals surface area contributed by atoms with E-state index >= 15 is 0 Å². The Balaban J connectivity index is 2.03. The summed E-state index contributed by atoms with van der Waals surface area (Å²) in [5.41, 5.74) is 0.248. The van der Waals surface area contributed by atoms with E-state index in [1.54, 1.807) is 17.5 Å². The van der Waals surface area contributed by atoms with Gasteiger partial charge in [0, 0.05) is 12.1 Å². The Morgan fingerprint density at radius 2 is 2.14 bits per heavy atom. The molecular weight excluding hydrogens is 334 g/mol. The molecule has 0 atom stereocenters. The second-order valence-corrected chi connectivity index (χ2v) is 5.57. The maximum absolute atomic E-state index is 11.8. The number of carbonyl (C=O) groups excluding carboxylic acids is 1. The van der Waals surface area contributed by atoms with Crippen molar-refractivity contribution in [2.45, 2.75) is 0 Å².